The summed E-state index contributed by atoms with van der Waals surface area (Å²) in [6.45, 7) is 11.6. The van der Waals surface area contributed by atoms with Crippen molar-refractivity contribution in [1.82, 2.24) is 16.0 Å². The minimum atomic E-state index is 0.209. The quantitative estimate of drug-likeness (QED) is 0.328. The van der Waals surface area contributed by atoms with Crippen molar-refractivity contribution in [2.75, 3.05) is 26.2 Å². The average Bonchev–Trinajstić information content (AvgIpc) is 2.53. The number of hydrogen-bond donors (Lipinski definition) is 5. The molecule has 0 aliphatic heterocycles. The van der Waals surface area contributed by atoms with E-state index < -0.39 is 0 Å². The Morgan fingerprint density at radius 1 is 0.714 bits per heavy atom. The van der Waals surface area contributed by atoms with Gasteiger partial charge in [0.2, 0.25) is 0 Å². The fourth-order valence-electron chi connectivity index (χ4n) is 2.14. The van der Waals surface area contributed by atoms with E-state index in [1.807, 2.05) is 0 Å². The SMILES string of the molecule is CCC(N)CNC(CC)CNC(CC)CNC(CC)CO. The van der Waals surface area contributed by atoms with Crippen LogP contribution in [0.15, 0.2) is 0 Å². The van der Waals surface area contributed by atoms with Crippen LogP contribution in [0.2, 0.25) is 0 Å². The lowest BCUT2D eigenvalue weighted by molar-refractivity contribution is 0.234. The Hall–Kier alpha value is -0.200. The van der Waals surface area contributed by atoms with Crippen LogP contribution in [0.1, 0.15) is 53.4 Å². The number of rotatable bonds is 14. The zero-order valence-corrected chi connectivity index (χ0v) is 14.5. The van der Waals surface area contributed by atoms with Gasteiger partial charge in [0.15, 0.2) is 0 Å². The Bertz CT molecular complexity index is 224. The van der Waals surface area contributed by atoms with E-state index in [1.54, 1.807) is 0 Å². The normalized spacial score (nSPS) is 17.4. The lowest BCUT2D eigenvalue weighted by Crippen LogP contribution is -2.49. The van der Waals surface area contributed by atoms with Gasteiger partial charge < -0.3 is 26.8 Å². The Morgan fingerprint density at radius 2 is 1.14 bits per heavy atom. The highest BCUT2D eigenvalue weighted by atomic mass is 16.3. The Balaban J connectivity index is 3.99. The molecule has 0 fully saturated rings. The first-order valence-electron chi connectivity index (χ1n) is 8.67. The third-order valence-electron chi connectivity index (χ3n) is 4.20. The van der Waals surface area contributed by atoms with Crippen molar-refractivity contribution in [2.24, 2.45) is 5.73 Å². The van der Waals surface area contributed by atoms with Gasteiger partial charge >= 0.3 is 0 Å². The van der Waals surface area contributed by atoms with Gasteiger partial charge in [0.1, 0.15) is 0 Å². The maximum Gasteiger partial charge on any atom is 0.0584 e. The number of hydrogen-bond acceptors (Lipinski definition) is 5. The number of aliphatic hydroxyl groups is 1. The summed E-state index contributed by atoms with van der Waals surface area (Å²) < 4.78 is 0. The van der Waals surface area contributed by atoms with E-state index in [0.717, 1.165) is 45.3 Å². The minimum Gasteiger partial charge on any atom is -0.395 e. The zero-order chi connectivity index (χ0) is 16.1. The smallest absolute Gasteiger partial charge is 0.0584 e. The van der Waals surface area contributed by atoms with Crippen LogP contribution in [0.5, 0.6) is 0 Å². The van der Waals surface area contributed by atoms with Crippen molar-refractivity contribution in [3.05, 3.63) is 0 Å². The highest BCUT2D eigenvalue weighted by molar-refractivity contribution is 4.77. The van der Waals surface area contributed by atoms with Crippen molar-refractivity contribution in [3.63, 3.8) is 0 Å². The molecule has 5 heteroatoms. The molecule has 0 aromatic carbocycles. The van der Waals surface area contributed by atoms with Crippen LogP contribution in [0.25, 0.3) is 0 Å². The molecule has 128 valence electrons. The van der Waals surface area contributed by atoms with E-state index in [-0.39, 0.29) is 18.7 Å². The summed E-state index contributed by atoms with van der Waals surface area (Å²) in [4.78, 5) is 0. The Morgan fingerprint density at radius 3 is 1.52 bits per heavy atom. The van der Waals surface area contributed by atoms with Crippen molar-refractivity contribution in [1.29, 1.82) is 0 Å². The highest BCUT2D eigenvalue weighted by Crippen LogP contribution is 1.96. The number of aliphatic hydroxyl groups excluding tert-OH is 1. The van der Waals surface area contributed by atoms with Crippen molar-refractivity contribution in [2.45, 2.75) is 77.5 Å². The van der Waals surface area contributed by atoms with Crippen LogP contribution in [0, 0.1) is 0 Å². The Labute approximate surface area is 131 Å². The highest BCUT2D eigenvalue weighted by Gasteiger charge is 2.12. The second-order valence-electron chi connectivity index (χ2n) is 5.89. The summed E-state index contributed by atoms with van der Waals surface area (Å²) in [5.41, 5.74) is 5.95. The first-order chi connectivity index (χ1) is 10.1. The predicted molar refractivity (Wildman–Crippen MR) is 91.6 cm³/mol. The van der Waals surface area contributed by atoms with E-state index in [2.05, 4.69) is 43.6 Å². The fourth-order valence-corrected chi connectivity index (χ4v) is 2.14. The van der Waals surface area contributed by atoms with Gasteiger partial charge in [-0.05, 0) is 25.7 Å². The lowest BCUT2D eigenvalue weighted by atomic mass is 10.1. The first-order valence-corrected chi connectivity index (χ1v) is 8.67. The average molecular weight is 303 g/mol. The second kappa shape index (κ2) is 13.5. The first kappa shape index (κ1) is 20.8. The molecule has 0 aliphatic carbocycles. The molecule has 6 N–H and O–H groups in total. The van der Waals surface area contributed by atoms with E-state index in [4.69, 9.17) is 5.73 Å². The molecule has 5 nitrogen and oxygen atoms in total. The van der Waals surface area contributed by atoms with Gasteiger partial charge in [0.05, 0.1) is 6.61 Å². The molecule has 21 heavy (non-hydrogen) atoms. The summed E-state index contributed by atoms with van der Waals surface area (Å²) in [5, 5.41) is 19.8. The van der Waals surface area contributed by atoms with Crippen molar-refractivity contribution >= 4 is 0 Å². The summed E-state index contributed by atoms with van der Waals surface area (Å²) in [6.07, 6.45) is 4.15. The number of nitrogens with one attached hydrogen (secondary N) is 3. The molecule has 0 amide bonds. The van der Waals surface area contributed by atoms with Crippen LogP contribution in [-0.2, 0) is 0 Å². The maximum atomic E-state index is 9.21. The molecule has 0 bridgehead atoms. The molecule has 0 radical (unpaired) electrons. The van der Waals surface area contributed by atoms with Gasteiger partial charge in [-0.15, -0.1) is 0 Å². The monoisotopic (exact) mass is 302 g/mol. The van der Waals surface area contributed by atoms with Gasteiger partial charge in [-0.3, -0.25) is 0 Å². The van der Waals surface area contributed by atoms with Gasteiger partial charge in [-0.25, -0.2) is 0 Å². The minimum absolute atomic E-state index is 0.209. The standard InChI is InChI=1S/C16H38N4O/c1-5-13(17)9-18-14(6-2)10-19-15(7-3)11-20-16(8-4)12-21/h13-16,18-21H,5-12,17H2,1-4H3. The van der Waals surface area contributed by atoms with E-state index >= 15 is 0 Å². The molecule has 0 aliphatic rings. The maximum absolute atomic E-state index is 9.21. The van der Waals surface area contributed by atoms with E-state index in [0.29, 0.717) is 12.1 Å². The fraction of sp³-hybridized carbons (Fsp3) is 1.00. The number of nitrogens with two attached hydrogens (primary N) is 1. The second-order valence-corrected chi connectivity index (χ2v) is 5.89. The van der Waals surface area contributed by atoms with Crippen LogP contribution in [0.4, 0.5) is 0 Å². The molecule has 0 aromatic heterocycles. The lowest BCUT2D eigenvalue weighted by Gasteiger charge is -2.25. The van der Waals surface area contributed by atoms with Gasteiger partial charge in [-0.2, -0.15) is 0 Å². The summed E-state index contributed by atoms with van der Waals surface area (Å²) in [6, 6.07) is 1.37. The van der Waals surface area contributed by atoms with Gasteiger partial charge in [0.25, 0.3) is 0 Å². The Kier molecular flexibility index (Phi) is 13.3. The van der Waals surface area contributed by atoms with Crippen LogP contribution in [-0.4, -0.2) is 55.5 Å². The summed E-state index contributed by atoms with van der Waals surface area (Å²) >= 11 is 0. The molecule has 4 unspecified atom stereocenters. The third-order valence-corrected chi connectivity index (χ3v) is 4.20. The largest absolute Gasteiger partial charge is 0.395 e. The zero-order valence-electron chi connectivity index (χ0n) is 14.5. The molecule has 0 aromatic rings. The predicted octanol–water partition coefficient (Wildman–Crippen LogP) is 0.821. The molecule has 0 heterocycles. The van der Waals surface area contributed by atoms with Crippen molar-refractivity contribution in [3.8, 4) is 0 Å². The topological polar surface area (TPSA) is 82.3 Å². The third kappa shape index (κ3) is 10.2. The molecule has 0 saturated carbocycles. The molecule has 0 spiro atoms. The van der Waals surface area contributed by atoms with Gasteiger partial charge in [0, 0.05) is 43.8 Å². The van der Waals surface area contributed by atoms with Crippen LogP contribution < -0.4 is 21.7 Å². The van der Waals surface area contributed by atoms with Crippen LogP contribution >= 0.6 is 0 Å². The molecule has 4 atom stereocenters. The summed E-state index contributed by atoms with van der Waals surface area (Å²) in [5.74, 6) is 0. The van der Waals surface area contributed by atoms with Crippen LogP contribution in [0.3, 0.4) is 0 Å². The van der Waals surface area contributed by atoms with Crippen molar-refractivity contribution < 1.29 is 5.11 Å². The summed E-state index contributed by atoms with van der Waals surface area (Å²) in [7, 11) is 0. The molecular weight excluding hydrogens is 264 g/mol. The molecule has 0 rings (SSSR count). The van der Waals surface area contributed by atoms with Gasteiger partial charge in [-0.1, -0.05) is 27.7 Å². The van der Waals surface area contributed by atoms with E-state index in [1.165, 1.54) is 0 Å². The van der Waals surface area contributed by atoms with E-state index in [9.17, 15) is 5.11 Å². The molecule has 0 saturated heterocycles. The molecular formula is C16H38N4O.